The number of nitrogens with zero attached hydrogens (tertiary/aromatic N) is 3. The molecular weight excluding hydrogens is 558 g/mol. The summed E-state index contributed by atoms with van der Waals surface area (Å²) in [4.78, 5) is 30.8. The fourth-order valence-corrected chi connectivity index (χ4v) is 6.02. The Labute approximate surface area is 250 Å². The molecular formula is C30H46ClN5O4Si. The van der Waals surface area contributed by atoms with Gasteiger partial charge in [-0.3, -0.25) is 4.79 Å². The van der Waals surface area contributed by atoms with Crippen molar-refractivity contribution in [2.75, 3.05) is 5.32 Å². The van der Waals surface area contributed by atoms with Crippen molar-refractivity contribution in [2.45, 2.75) is 111 Å². The Morgan fingerprint density at radius 2 is 1.73 bits per heavy atom. The third-order valence-electron chi connectivity index (χ3n) is 8.09. The summed E-state index contributed by atoms with van der Waals surface area (Å²) in [6.45, 7) is 18.7. The van der Waals surface area contributed by atoms with Gasteiger partial charge in [-0.05, 0) is 97.1 Å². The van der Waals surface area contributed by atoms with E-state index in [4.69, 9.17) is 26.2 Å². The molecule has 0 saturated heterocycles. The molecule has 2 aromatic rings. The van der Waals surface area contributed by atoms with Gasteiger partial charge < -0.3 is 20.1 Å². The van der Waals surface area contributed by atoms with E-state index >= 15 is 0 Å². The van der Waals surface area contributed by atoms with E-state index in [0.717, 1.165) is 48.2 Å². The van der Waals surface area contributed by atoms with Crippen LogP contribution in [0.5, 0.6) is 0 Å². The van der Waals surface area contributed by atoms with Gasteiger partial charge in [-0.1, -0.05) is 31.2 Å². The summed E-state index contributed by atoms with van der Waals surface area (Å²) in [5.74, 6) is 0.990. The van der Waals surface area contributed by atoms with Gasteiger partial charge in [0.1, 0.15) is 29.3 Å². The predicted molar refractivity (Wildman–Crippen MR) is 165 cm³/mol. The van der Waals surface area contributed by atoms with Crippen molar-refractivity contribution < 1.29 is 19.1 Å². The zero-order valence-corrected chi connectivity index (χ0v) is 27.7. The van der Waals surface area contributed by atoms with Crippen LogP contribution in [0.15, 0.2) is 12.1 Å². The standard InChI is InChI=1S/C30H46ClN5O4Si/c1-17-24(18(2)36(35-17)16-39-19(3)41(7,8)9)22-14-15-23(32-27(22)31)33-28(37)26(34-29(38)40-30(4,5)6)25(20-10-11-20)21-12-13-21/h14-15,19-21,25-26H,10-13,16H2,1-9H3,(H,34,38)(H,32,33,37)/t19-,26-/m0/s1. The van der Waals surface area contributed by atoms with E-state index in [1.807, 2.05) is 45.4 Å². The van der Waals surface area contributed by atoms with Gasteiger partial charge in [-0.15, -0.1) is 0 Å². The zero-order chi connectivity index (χ0) is 30.3. The van der Waals surface area contributed by atoms with E-state index in [9.17, 15) is 9.59 Å². The molecule has 0 aromatic carbocycles. The molecule has 2 aliphatic rings. The fraction of sp³-hybridized carbons (Fsp3) is 0.667. The van der Waals surface area contributed by atoms with Gasteiger partial charge in [0, 0.05) is 22.5 Å². The first-order valence-electron chi connectivity index (χ1n) is 14.7. The molecule has 11 heteroatoms. The van der Waals surface area contributed by atoms with Crippen molar-refractivity contribution in [3.05, 3.63) is 28.7 Å². The van der Waals surface area contributed by atoms with Crippen molar-refractivity contribution in [1.82, 2.24) is 20.1 Å². The summed E-state index contributed by atoms with van der Waals surface area (Å²) < 4.78 is 13.5. The van der Waals surface area contributed by atoms with Crippen LogP contribution in [0.1, 0.15) is 64.8 Å². The summed E-state index contributed by atoms with van der Waals surface area (Å²) in [6.07, 6.45) is 3.72. The maximum absolute atomic E-state index is 13.6. The summed E-state index contributed by atoms with van der Waals surface area (Å²) in [6, 6.07) is 2.90. The minimum absolute atomic E-state index is 0.0827. The second-order valence-corrected chi connectivity index (χ2v) is 19.7. The van der Waals surface area contributed by atoms with Crippen molar-refractivity contribution in [1.29, 1.82) is 0 Å². The molecule has 41 heavy (non-hydrogen) atoms. The highest BCUT2D eigenvalue weighted by atomic mass is 35.5. The minimum Gasteiger partial charge on any atom is -0.444 e. The first-order valence-corrected chi connectivity index (χ1v) is 18.6. The lowest BCUT2D eigenvalue weighted by Crippen LogP contribution is -2.51. The van der Waals surface area contributed by atoms with Crippen LogP contribution in [0.4, 0.5) is 10.6 Å². The summed E-state index contributed by atoms with van der Waals surface area (Å²) in [7, 11) is -1.43. The Kier molecular flexibility index (Phi) is 9.26. The van der Waals surface area contributed by atoms with Gasteiger partial charge in [-0.2, -0.15) is 5.10 Å². The number of hydrogen-bond donors (Lipinski definition) is 2. The van der Waals surface area contributed by atoms with Crippen LogP contribution < -0.4 is 10.6 Å². The van der Waals surface area contributed by atoms with Gasteiger partial charge in [0.2, 0.25) is 5.91 Å². The molecule has 0 bridgehead atoms. The van der Waals surface area contributed by atoms with Gasteiger partial charge in [0.25, 0.3) is 0 Å². The molecule has 4 rings (SSSR count). The predicted octanol–water partition coefficient (Wildman–Crippen LogP) is 6.72. The number of aromatic nitrogens is 3. The Hall–Kier alpha value is -2.43. The molecule has 2 aromatic heterocycles. The number of rotatable bonds is 11. The number of anilines is 1. The third kappa shape index (κ3) is 8.11. The van der Waals surface area contributed by atoms with E-state index in [0.29, 0.717) is 24.4 Å². The first kappa shape index (κ1) is 31.5. The number of pyridine rings is 1. The molecule has 9 nitrogen and oxygen atoms in total. The van der Waals surface area contributed by atoms with Crippen molar-refractivity contribution >= 4 is 37.5 Å². The number of carbonyl (C=O) groups is 2. The van der Waals surface area contributed by atoms with Crippen LogP contribution in [-0.2, 0) is 21.0 Å². The second kappa shape index (κ2) is 12.0. The normalized spacial score (nSPS) is 17.3. The molecule has 2 amide bonds. The highest BCUT2D eigenvalue weighted by Gasteiger charge is 2.48. The molecule has 2 heterocycles. The number of amides is 2. The number of nitrogens with one attached hydrogen (secondary N) is 2. The van der Waals surface area contributed by atoms with Gasteiger partial charge in [0.15, 0.2) is 0 Å². The monoisotopic (exact) mass is 603 g/mol. The number of halogens is 1. The van der Waals surface area contributed by atoms with E-state index in [2.05, 4.69) is 42.2 Å². The molecule has 0 unspecified atom stereocenters. The lowest BCUT2D eigenvalue weighted by atomic mass is 9.89. The Morgan fingerprint density at radius 1 is 1.12 bits per heavy atom. The van der Waals surface area contributed by atoms with Crippen molar-refractivity contribution in [3.8, 4) is 11.1 Å². The Balaban J connectivity index is 1.51. The lowest BCUT2D eigenvalue weighted by molar-refractivity contribution is -0.120. The van der Waals surface area contributed by atoms with E-state index in [-0.39, 0.29) is 22.7 Å². The van der Waals surface area contributed by atoms with E-state index in [1.165, 1.54) is 0 Å². The molecule has 0 spiro atoms. The number of carbonyl (C=O) groups excluding carboxylic acids is 2. The molecule has 2 saturated carbocycles. The first-order chi connectivity index (χ1) is 19.0. The van der Waals surface area contributed by atoms with Crippen LogP contribution >= 0.6 is 11.6 Å². The van der Waals surface area contributed by atoms with Crippen molar-refractivity contribution in [3.63, 3.8) is 0 Å². The maximum Gasteiger partial charge on any atom is 0.408 e. The maximum atomic E-state index is 13.6. The van der Waals surface area contributed by atoms with Crippen LogP contribution in [0.25, 0.3) is 11.1 Å². The highest BCUT2D eigenvalue weighted by molar-refractivity contribution is 6.77. The van der Waals surface area contributed by atoms with Gasteiger partial charge in [-0.25, -0.2) is 14.5 Å². The summed E-state index contributed by atoms with van der Waals surface area (Å²) in [5.41, 5.74) is 2.93. The number of alkyl carbamates (subject to hydrolysis) is 1. The topological polar surface area (TPSA) is 107 Å². The smallest absolute Gasteiger partial charge is 0.408 e. The molecule has 2 atom stereocenters. The molecule has 2 fully saturated rings. The Morgan fingerprint density at radius 3 is 2.24 bits per heavy atom. The summed E-state index contributed by atoms with van der Waals surface area (Å²) in [5, 5.41) is 10.8. The number of ether oxygens (including phenoxy) is 2. The number of hydrogen-bond acceptors (Lipinski definition) is 6. The molecule has 0 radical (unpaired) electrons. The van der Waals surface area contributed by atoms with Crippen LogP contribution in [0, 0.1) is 31.6 Å². The highest BCUT2D eigenvalue weighted by Crippen LogP contribution is 2.51. The van der Waals surface area contributed by atoms with E-state index < -0.39 is 25.8 Å². The van der Waals surface area contributed by atoms with Crippen LogP contribution in [-0.4, -0.2) is 52.2 Å². The van der Waals surface area contributed by atoms with E-state index in [1.54, 1.807) is 6.07 Å². The second-order valence-electron chi connectivity index (χ2n) is 13.7. The average molecular weight is 604 g/mol. The zero-order valence-electron chi connectivity index (χ0n) is 25.9. The van der Waals surface area contributed by atoms with Crippen molar-refractivity contribution in [2.24, 2.45) is 17.8 Å². The molecule has 0 aliphatic heterocycles. The van der Waals surface area contributed by atoms with Gasteiger partial charge >= 0.3 is 6.09 Å². The number of aryl methyl sites for hydroxylation is 1. The Bertz CT molecular complexity index is 1260. The van der Waals surface area contributed by atoms with Crippen LogP contribution in [0.2, 0.25) is 24.8 Å². The lowest BCUT2D eigenvalue weighted by Gasteiger charge is -2.29. The third-order valence-corrected chi connectivity index (χ3v) is 11.0. The SMILES string of the molecule is Cc1nn(CO[C@H](C)[Si](C)(C)C)c(C)c1-c1ccc(NC(=O)[C@@H](NC(=O)OC(C)(C)C)C(C2CC2)C2CC2)nc1Cl. The minimum atomic E-state index is -1.43. The molecule has 226 valence electrons. The fourth-order valence-electron chi connectivity index (χ4n) is 5.20. The largest absolute Gasteiger partial charge is 0.444 e. The average Bonchev–Trinajstić information content (AvgIpc) is 3.76. The molecule has 2 N–H and O–H groups in total. The van der Waals surface area contributed by atoms with Crippen LogP contribution in [0.3, 0.4) is 0 Å². The quantitative estimate of drug-likeness (QED) is 0.218. The molecule has 2 aliphatic carbocycles. The van der Waals surface area contributed by atoms with Gasteiger partial charge in [0.05, 0.1) is 13.8 Å². The summed E-state index contributed by atoms with van der Waals surface area (Å²) >= 11 is 6.69.